The number of hydrogen-bond donors (Lipinski definition) is 1. The quantitative estimate of drug-likeness (QED) is 0.718. The molecular formula is C17H18N2OS. The first kappa shape index (κ1) is 13.9. The number of benzene rings is 2. The Hall–Kier alpha value is -2.07. The van der Waals surface area contributed by atoms with E-state index in [1.807, 2.05) is 18.2 Å². The van der Waals surface area contributed by atoms with E-state index in [0.29, 0.717) is 6.04 Å². The van der Waals surface area contributed by atoms with Crippen LogP contribution in [0.3, 0.4) is 0 Å². The molecule has 4 heteroatoms. The van der Waals surface area contributed by atoms with Gasteiger partial charge in [-0.05, 0) is 43.3 Å². The van der Waals surface area contributed by atoms with Crippen LogP contribution in [0.4, 0.5) is 0 Å². The molecule has 1 atom stereocenters. The highest BCUT2D eigenvalue weighted by molar-refractivity contribution is 7.71. The Balaban J connectivity index is 1.99. The van der Waals surface area contributed by atoms with E-state index in [0.717, 1.165) is 28.0 Å². The normalized spacial score (nSPS) is 12.5. The summed E-state index contributed by atoms with van der Waals surface area (Å²) >= 11 is 5.49. The fourth-order valence-corrected chi connectivity index (χ4v) is 3.11. The molecule has 1 aromatic heterocycles. The molecule has 0 spiro atoms. The summed E-state index contributed by atoms with van der Waals surface area (Å²) < 4.78 is 8.19. The largest absolute Gasteiger partial charge is 0.497 e. The van der Waals surface area contributed by atoms with Crippen molar-refractivity contribution in [1.82, 2.24) is 9.55 Å². The minimum Gasteiger partial charge on any atom is -0.497 e. The monoisotopic (exact) mass is 298 g/mol. The molecule has 1 heterocycles. The van der Waals surface area contributed by atoms with Gasteiger partial charge in [-0.1, -0.05) is 30.3 Å². The fraction of sp³-hybridized carbons (Fsp3) is 0.235. The van der Waals surface area contributed by atoms with E-state index in [1.165, 1.54) is 5.56 Å². The van der Waals surface area contributed by atoms with Crippen molar-refractivity contribution in [3.8, 4) is 5.75 Å². The molecule has 1 N–H and O–H groups in total. The Morgan fingerprint density at radius 2 is 1.95 bits per heavy atom. The van der Waals surface area contributed by atoms with Crippen molar-refractivity contribution in [1.29, 1.82) is 0 Å². The van der Waals surface area contributed by atoms with Crippen LogP contribution in [0.15, 0.2) is 48.5 Å². The second-order valence-electron chi connectivity index (χ2n) is 5.22. The van der Waals surface area contributed by atoms with E-state index in [1.54, 1.807) is 7.11 Å². The van der Waals surface area contributed by atoms with E-state index in [-0.39, 0.29) is 0 Å². The van der Waals surface area contributed by atoms with Crippen molar-refractivity contribution in [2.75, 3.05) is 7.11 Å². The van der Waals surface area contributed by atoms with Crippen molar-refractivity contribution in [3.63, 3.8) is 0 Å². The third-order valence-corrected chi connectivity index (χ3v) is 4.04. The third-order valence-electron chi connectivity index (χ3n) is 3.74. The summed E-state index contributed by atoms with van der Waals surface area (Å²) in [6.07, 6.45) is 0.953. The molecule has 3 nitrogen and oxygen atoms in total. The lowest BCUT2D eigenvalue weighted by Crippen LogP contribution is -2.08. The molecule has 0 saturated heterocycles. The van der Waals surface area contributed by atoms with Crippen LogP contribution in [-0.2, 0) is 6.42 Å². The first-order chi connectivity index (χ1) is 10.2. The van der Waals surface area contributed by atoms with Crippen molar-refractivity contribution >= 4 is 23.3 Å². The predicted molar refractivity (Wildman–Crippen MR) is 88.5 cm³/mol. The van der Waals surface area contributed by atoms with Crippen molar-refractivity contribution in [2.24, 2.45) is 0 Å². The fourth-order valence-electron chi connectivity index (χ4n) is 2.72. The molecule has 21 heavy (non-hydrogen) atoms. The number of nitrogens with zero attached hydrogens (tertiary/aromatic N) is 1. The van der Waals surface area contributed by atoms with E-state index < -0.39 is 0 Å². The zero-order valence-electron chi connectivity index (χ0n) is 12.2. The molecule has 3 aromatic rings. The SMILES string of the molecule is COc1ccc2c(c1)[nH]c(=S)n2C(C)Cc1ccccc1. The van der Waals surface area contributed by atoms with Crippen molar-refractivity contribution in [2.45, 2.75) is 19.4 Å². The number of rotatable bonds is 4. The average Bonchev–Trinajstić information content (AvgIpc) is 2.83. The number of imidazole rings is 1. The first-order valence-corrected chi connectivity index (χ1v) is 7.42. The number of methoxy groups -OCH3 is 1. The maximum absolute atomic E-state index is 5.49. The van der Waals surface area contributed by atoms with Crippen LogP contribution in [-0.4, -0.2) is 16.7 Å². The molecule has 0 aliphatic carbocycles. The first-order valence-electron chi connectivity index (χ1n) is 7.01. The Bertz CT molecular complexity index is 805. The van der Waals surface area contributed by atoms with E-state index in [4.69, 9.17) is 17.0 Å². The van der Waals surface area contributed by atoms with Gasteiger partial charge in [0.05, 0.1) is 18.1 Å². The van der Waals surface area contributed by atoms with Gasteiger partial charge < -0.3 is 14.3 Å². The second kappa shape index (κ2) is 5.74. The Kier molecular flexibility index (Phi) is 3.80. The molecule has 108 valence electrons. The van der Waals surface area contributed by atoms with E-state index in [2.05, 4.69) is 46.8 Å². The Labute approximate surface area is 129 Å². The number of fused-ring (bicyclic) bond motifs is 1. The number of ether oxygens (including phenoxy) is 1. The molecule has 1 unspecified atom stereocenters. The zero-order valence-corrected chi connectivity index (χ0v) is 13.0. The smallest absolute Gasteiger partial charge is 0.178 e. The highest BCUT2D eigenvalue weighted by Crippen LogP contribution is 2.25. The molecule has 0 fully saturated rings. The molecule has 0 saturated carbocycles. The molecule has 0 bridgehead atoms. The zero-order chi connectivity index (χ0) is 14.8. The van der Waals surface area contributed by atoms with Gasteiger partial charge in [0.25, 0.3) is 0 Å². The van der Waals surface area contributed by atoms with Crippen molar-refractivity contribution in [3.05, 3.63) is 58.9 Å². The minimum atomic E-state index is 0.294. The number of hydrogen-bond acceptors (Lipinski definition) is 2. The molecule has 0 aliphatic rings. The second-order valence-corrected chi connectivity index (χ2v) is 5.61. The van der Waals surface area contributed by atoms with Crippen LogP contribution in [0.1, 0.15) is 18.5 Å². The molecule has 0 radical (unpaired) electrons. The lowest BCUT2D eigenvalue weighted by Gasteiger charge is -2.15. The average molecular weight is 298 g/mol. The number of nitrogens with one attached hydrogen (secondary N) is 1. The third kappa shape index (κ3) is 2.72. The van der Waals surface area contributed by atoms with Gasteiger partial charge in [0, 0.05) is 12.1 Å². The summed E-state index contributed by atoms with van der Waals surface area (Å²) in [7, 11) is 1.67. The van der Waals surface area contributed by atoms with E-state index in [9.17, 15) is 0 Å². The minimum absolute atomic E-state index is 0.294. The highest BCUT2D eigenvalue weighted by atomic mass is 32.1. The topological polar surface area (TPSA) is 29.9 Å². The molecule has 3 rings (SSSR count). The van der Waals surface area contributed by atoms with Crippen LogP contribution in [0.25, 0.3) is 11.0 Å². The molecule has 0 aliphatic heterocycles. The van der Waals surface area contributed by atoms with Gasteiger partial charge in [0.2, 0.25) is 0 Å². The summed E-state index contributed by atoms with van der Waals surface area (Å²) in [6, 6.07) is 16.8. The maximum atomic E-state index is 5.49. The van der Waals surface area contributed by atoms with Crippen LogP contribution in [0.2, 0.25) is 0 Å². The van der Waals surface area contributed by atoms with Crippen molar-refractivity contribution < 1.29 is 4.74 Å². The van der Waals surface area contributed by atoms with Gasteiger partial charge in [-0.25, -0.2) is 0 Å². The lowest BCUT2D eigenvalue weighted by molar-refractivity contribution is 0.415. The van der Waals surface area contributed by atoms with E-state index >= 15 is 0 Å². The summed E-state index contributed by atoms with van der Waals surface area (Å²) in [5, 5.41) is 0. The molecular weight excluding hydrogens is 280 g/mol. The van der Waals surface area contributed by atoms with Gasteiger partial charge >= 0.3 is 0 Å². The van der Waals surface area contributed by atoms with Crippen LogP contribution >= 0.6 is 12.2 Å². The van der Waals surface area contributed by atoms with Crippen LogP contribution in [0.5, 0.6) is 5.75 Å². The summed E-state index contributed by atoms with van der Waals surface area (Å²) in [4.78, 5) is 3.27. The molecule has 2 aromatic carbocycles. The number of H-pyrrole nitrogens is 1. The Morgan fingerprint density at radius 3 is 2.67 bits per heavy atom. The van der Waals surface area contributed by atoms with Crippen LogP contribution < -0.4 is 4.74 Å². The van der Waals surface area contributed by atoms with Gasteiger partial charge in [0.15, 0.2) is 4.77 Å². The molecule has 0 amide bonds. The van der Waals surface area contributed by atoms with Gasteiger partial charge in [-0.15, -0.1) is 0 Å². The van der Waals surface area contributed by atoms with Gasteiger partial charge in [-0.3, -0.25) is 0 Å². The summed E-state index contributed by atoms with van der Waals surface area (Å²) in [6.45, 7) is 2.19. The van der Waals surface area contributed by atoms with Gasteiger partial charge in [0.1, 0.15) is 5.75 Å². The predicted octanol–water partition coefficient (Wildman–Crippen LogP) is 4.51. The summed E-state index contributed by atoms with van der Waals surface area (Å²) in [5.41, 5.74) is 3.44. The standard InChI is InChI=1S/C17H18N2OS/c1-12(10-13-6-4-3-5-7-13)19-16-9-8-14(20-2)11-15(16)18-17(19)21/h3-9,11-12H,10H2,1-2H3,(H,18,21). The van der Waals surface area contributed by atoms with Gasteiger partial charge in [-0.2, -0.15) is 0 Å². The Morgan fingerprint density at radius 1 is 1.19 bits per heavy atom. The lowest BCUT2D eigenvalue weighted by atomic mass is 10.1. The maximum Gasteiger partial charge on any atom is 0.178 e. The highest BCUT2D eigenvalue weighted by Gasteiger charge is 2.12. The van der Waals surface area contributed by atoms with Crippen LogP contribution in [0, 0.1) is 4.77 Å². The number of aromatic amines is 1. The summed E-state index contributed by atoms with van der Waals surface area (Å²) in [5.74, 6) is 0.835. The number of aromatic nitrogens is 2.